The van der Waals surface area contributed by atoms with Gasteiger partial charge in [0.1, 0.15) is 6.04 Å². The Balaban J connectivity index is 2.80. The number of hydrogen-bond acceptors (Lipinski definition) is 2. The monoisotopic (exact) mass is 224 g/mol. The molecule has 2 nitrogen and oxygen atoms in total. The van der Waals surface area contributed by atoms with E-state index in [0.29, 0.717) is 18.0 Å². The first kappa shape index (κ1) is 12.6. The molecule has 1 atom stereocenters. The number of nitrogens with zero attached hydrogens (tertiary/aromatic N) is 1. The fourth-order valence-corrected chi connectivity index (χ4v) is 1.28. The summed E-state index contributed by atoms with van der Waals surface area (Å²) in [7, 11) is 0. The van der Waals surface area contributed by atoms with Crippen molar-refractivity contribution in [2.75, 3.05) is 6.54 Å². The minimum absolute atomic E-state index is 0.390. The Bertz CT molecular complexity index is 396. The second-order valence-electron chi connectivity index (χ2n) is 4.04. The largest absolute Gasteiger partial charge is 0.298 e. The molecule has 1 N–H and O–H groups in total. The normalized spacial score (nSPS) is 12.5. The summed E-state index contributed by atoms with van der Waals surface area (Å²) in [6, 6.07) is 4.92. The van der Waals surface area contributed by atoms with Gasteiger partial charge in [0, 0.05) is 0 Å². The van der Waals surface area contributed by atoms with E-state index in [2.05, 4.69) is 5.32 Å². The average Bonchev–Trinajstić information content (AvgIpc) is 2.23. The van der Waals surface area contributed by atoms with Crippen molar-refractivity contribution in [1.82, 2.24) is 5.32 Å². The van der Waals surface area contributed by atoms with Crippen LogP contribution in [0.25, 0.3) is 0 Å². The van der Waals surface area contributed by atoms with Crippen LogP contribution in [0.1, 0.15) is 25.5 Å². The molecular formula is C12H14F2N2. The van der Waals surface area contributed by atoms with Gasteiger partial charge < -0.3 is 0 Å². The van der Waals surface area contributed by atoms with E-state index in [-0.39, 0.29) is 0 Å². The van der Waals surface area contributed by atoms with Gasteiger partial charge in [-0.05, 0) is 30.2 Å². The minimum Gasteiger partial charge on any atom is -0.298 e. The Morgan fingerprint density at radius 3 is 2.50 bits per heavy atom. The molecule has 0 aliphatic rings. The molecule has 1 unspecified atom stereocenters. The van der Waals surface area contributed by atoms with Gasteiger partial charge in [-0.25, -0.2) is 8.78 Å². The first-order valence-electron chi connectivity index (χ1n) is 5.12. The molecule has 0 radical (unpaired) electrons. The van der Waals surface area contributed by atoms with Crippen molar-refractivity contribution in [2.24, 2.45) is 5.92 Å². The van der Waals surface area contributed by atoms with Gasteiger partial charge in [0.15, 0.2) is 11.6 Å². The van der Waals surface area contributed by atoms with Crippen LogP contribution in [0.15, 0.2) is 18.2 Å². The van der Waals surface area contributed by atoms with Crippen LogP contribution < -0.4 is 5.32 Å². The highest BCUT2D eigenvalue weighted by atomic mass is 19.2. The predicted molar refractivity (Wildman–Crippen MR) is 57.6 cm³/mol. The zero-order valence-electron chi connectivity index (χ0n) is 9.30. The van der Waals surface area contributed by atoms with Crippen molar-refractivity contribution in [1.29, 1.82) is 5.26 Å². The van der Waals surface area contributed by atoms with E-state index in [0.717, 1.165) is 12.1 Å². The third-order valence-electron chi connectivity index (χ3n) is 2.14. The quantitative estimate of drug-likeness (QED) is 0.853. The number of nitrogens with one attached hydrogen (secondary N) is 1. The molecule has 0 aromatic heterocycles. The lowest BCUT2D eigenvalue weighted by Crippen LogP contribution is -2.24. The molecular weight excluding hydrogens is 210 g/mol. The molecule has 4 heteroatoms. The summed E-state index contributed by atoms with van der Waals surface area (Å²) in [6.45, 7) is 4.66. The molecule has 0 fully saturated rings. The summed E-state index contributed by atoms with van der Waals surface area (Å²) in [5.74, 6) is -1.44. The fraction of sp³-hybridized carbons (Fsp3) is 0.417. The Morgan fingerprint density at radius 1 is 1.31 bits per heavy atom. The van der Waals surface area contributed by atoms with Gasteiger partial charge in [0.05, 0.1) is 6.07 Å². The number of nitriles is 1. The van der Waals surface area contributed by atoms with Crippen molar-refractivity contribution >= 4 is 0 Å². The Hall–Kier alpha value is -1.47. The summed E-state index contributed by atoms with van der Waals surface area (Å²) < 4.78 is 25.7. The molecule has 1 rings (SSSR count). The van der Waals surface area contributed by atoms with Gasteiger partial charge in [0.25, 0.3) is 0 Å². The van der Waals surface area contributed by atoms with Crippen LogP contribution >= 0.6 is 0 Å². The van der Waals surface area contributed by atoms with E-state index in [1.54, 1.807) is 0 Å². The van der Waals surface area contributed by atoms with Gasteiger partial charge in [-0.15, -0.1) is 0 Å². The first-order valence-corrected chi connectivity index (χ1v) is 5.12. The van der Waals surface area contributed by atoms with E-state index in [9.17, 15) is 8.78 Å². The highest BCUT2D eigenvalue weighted by Gasteiger charge is 2.12. The molecule has 0 amide bonds. The first-order chi connectivity index (χ1) is 7.54. The molecule has 86 valence electrons. The van der Waals surface area contributed by atoms with Crippen molar-refractivity contribution in [3.63, 3.8) is 0 Å². The smallest absolute Gasteiger partial charge is 0.159 e. The molecule has 0 saturated carbocycles. The second-order valence-corrected chi connectivity index (χ2v) is 4.04. The number of benzene rings is 1. The highest BCUT2D eigenvalue weighted by Crippen LogP contribution is 2.16. The maximum Gasteiger partial charge on any atom is 0.159 e. The summed E-state index contributed by atoms with van der Waals surface area (Å²) >= 11 is 0. The minimum atomic E-state index is -0.927. The van der Waals surface area contributed by atoms with E-state index >= 15 is 0 Å². The molecule has 0 aliphatic heterocycles. The van der Waals surface area contributed by atoms with Gasteiger partial charge in [-0.3, -0.25) is 5.32 Å². The SMILES string of the molecule is CC(C)CNC(C#N)c1ccc(F)c(F)c1. The van der Waals surface area contributed by atoms with Gasteiger partial charge in [-0.1, -0.05) is 19.9 Å². The number of hydrogen-bond donors (Lipinski definition) is 1. The van der Waals surface area contributed by atoms with E-state index in [4.69, 9.17) is 5.26 Å². The van der Waals surface area contributed by atoms with Crippen molar-refractivity contribution in [2.45, 2.75) is 19.9 Å². The Labute approximate surface area is 93.9 Å². The molecule has 16 heavy (non-hydrogen) atoms. The molecule has 0 heterocycles. The van der Waals surface area contributed by atoms with Gasteiger partial charge >= 0.3 is 0 Å². The summed E-state index contributed by atoms with van der Waals surface area (Å²) in [5, 5.41) is 11.9. The van der Waals surface area contributed by atoms with Crippen LogP contribution in [0.2, 0.25) is 0 Å². The molecule has 0 spiro atoms. The third-order valence-corrected chi connectivity index (χ3v) is 2.14. The van der Waals surface area contributed by atoms with Crippen LogP contribution in [0.5, 0.6) is 0 Å². The van der Waals surface area contributed by atoms with Gasteiger partial charge in [0.2, 0.25) is 0 Å². The van der Waals surface area contributed by atoms with Crippen molar-refractivity contribution in [3.8, 4) is 6.07 Å². The maximum absolute atomic E-state index is 13.0. The van der Waals surface area contributed by atoms with Crippen LogP contribution in [-0.4, -0.2) is 6.54 Å². The number of halogens is 2. The van der Waals surface area contributed by atoms with E-state index in [1.807, 2.05) is 19.9 Å². The van der Waals surface area contributed by atoms with Crippen LogP contribution in [0, 0.1) is 28.9 Å². The lowest BCUT2D eigenvalue weighted by Gasteiger charge is -2.13. The lowest BCUT2D eigenvalue weighted by atomic mass is 10.1. The van der Waals surface area contributed by atoms with Crippen LogP contribution in [0.3, 0.4) is 0 Å². The van der Waals surface area contributed by atoms with Crippen LogP contribution in [0.4, 0.5) is 8.78 Å². The average molecular weight is 224 g/mol. The molecule has 1 aromatic carbocycles. The summed E-state index contributed by atoms with van der Waals surface area (Å²) in [4.78, 5) is 0. The van der Waals surface area contributed by atoms with Crippen LogP contribution in [-0.2, 0) is 0 Å². The van der Waals surface area contributed by atoms with Crippen molar-refractivity contribution in [3.05, 3.63) is 35.4 Å². The molecule has 0 aliphatic carbocycles. The van der Waals surface area contributed by atoms with E-state index < -0.39 is 17.7 Å². The zero-order chi connectivity index (χ0) is 12.1. The molecule has 1 aromatic rings. The molecule has 0 bridgehead atoms. The third kappa shape index (κ3) is 3.28. The van der Waals surface area contributed by atoms with E-state index in [1.165, 1.54) is 6.07 Å². The zero-order valence-corrected chi connectivity index (χ0v) is 9.30. The summed E-state index contributed by atoms with van der Waals surface area (Å²) in [5.41, 5.74) is 0.446. The molecule has 0 saturated heterocycles. The number of rotatable bonds is 4. The standard InChI is InChI=1S/C12H14F2N2/c1-8(2)7-16-12(6-15)9-3-4-10(13)11(14)5-9/h3-5,8,12,16H,7H2,1-2H3. The Kier molecular flexibility index (Phi) is 4.39. The predicted octanol–water partition coefficient (Wildman–Crippen LogP) is 2.78. The Morgan fingerprint density at radius 2 is 2.00 bits per heavy atom. The van der Waals surface area contributed by atoms with Gasteiger partial charge in [-0.2, -0.15) is 5.26 Å². The van der Waals surface area contributed by atoms with Crippen molar-refractivity contribution < 1.29 is 8.78 Å². The summed E-state index contributed by atoms with van der Waals surface area (Å²) in [6.07, 6.45) is 0. The fourth-order valence-electron chi connectivity index (χ4n) is 1.28. The second kappa shape index (κ2) is 5.57. The highest BCUT2D eigenvalue weighted by molar-refractivity contribution is 5.25. The lowest BCUT2D eigenvalue weighted by molar-refractivity contribution is 0.498. The maximum atomic E-state index is 13.0. The topological polar surface area (TPSA) is 35.8 Å².